The van der Waals surface area contributed by atoms with E-state index in [-0.39, 0.29) is 12.1 Å². The van der Waals surface area contributed by atoms with E-state index in [1.165, 1.54) is 5.56 Å². The van der Waals surface area contributed by atoms with Gasteiger partial charge in [-0.15, -0.1) is 0 Å². The average molecular weight is 389 g/mol. The Balaban J connectivity index is 1.39. The highest BCUT2D eigenvalue weighted by atomic mass is 35.5. The molecule has 4 rings (SSSR count). The minimum atomic E-state index is -0.0638. The third-order valence-corrected chi connectivity index (χ3v) is 5.71. The molecule has 1 saturated heterocycles. The molecule has 0 bridgehead atoms. The first-order chi connectivity index (χ1) is 13.1. The van der Waals surface area contributed by atoms with Crippen LogP contribution in [-0.4, -0.2) is 40.4 Å². The fourth-order valence-electron chi connectivity index (χ4n) is 4.05. The van der Waals surface area contributed by atoms with Crippen molar-refractivity contribution in [3.8, 4) is 5.75 Å². The molecule has 2 unspecified atom stereocenters. The molecule has 0 radical (unpaired) electrons. The van der Waals surface area contributed by atoms with E-state index in [1.54, 1.807) is 0 Å². The van der Waals surface area contributed by atoms with E-state index in [2.05, 4.69) is 16.6 Å². The molecule has 0 aliphatic carbocycles. The summed E-state index contributed by atoms with van der Waals surface area (Å²) in [5.74, 6) is 1.19. The summed E-state index contributed by atoms with van der Waals surface area (Å²) in [4.78, 5) is 14.8. The SMILES string of the molecule is Cn1cc(CC2CCN(C(=O)NC3CCCOc4c(Cl)cccc43)C2)cn1. The van der Waals surface area contributed by atoms with Gasteiger partial charge in [-0.1, -0.05) is 23.7 Å². The lowest BCUT2D eigenvalue weighted by molar-refractivity contribution is 0.202. The average Bonchev–Trinajstić information content (AvgIpc) is 3.22. The van der Waals surface area contributed by atoms with Crippen LogP contribution in [0.2, 0.25) is 5.02 Å². The van der Waals surface area contributed by atoms with Crippen molar-refractivity contribution in [1.29, 1.82) is 0 Å². The molecule has 144 valence electrons. The smallest absolute Gasteiger partial charge is 0.317 e. The van der Waals surface area contributed by atoms with Crippen LogP contribution in [0.5, 0.6) is 5.75 Å². The minimum absolute atomic E-state index is 0.00140. The zero-order chi connectivity index (χ0) is 18.8. The lowest BCUT2D eigenvalue weighted by Gasteiger charge is -2.23. The van der Waals surface area contributed by atoms with Gasteiger partial charge in [0.1, 0.15) is 5.75 Å². The number of ether oxygens (including phenoxy) is 1. The van der Waals surface area contributed by atoms with Crippen LogP contribution in [0.3, 0.4) is 0 Å². The van der Waals surface area contributed by atoms with Crippen LogP contribution in [-0.2, 0) is 13.5 Å². The molecule has 2 aliphatic heterocycles. The highest BCUT2D eigenvalue weighted by Crippen LogP contribution is 2.37. The predicted molar refractivity (Wildman–Crippen MR) is 104 cm³/mol. The summed E-state index contributed by atoms with van der Waals surface area (Å²) < 4.78 is 7.62. The van der Waals surface area contributed by atoms with Crippen molar-refractivity contribution in [2.24, 2.45) is 13.0 Å². The summed E-state index contributed by atoms with van der Waals surface area (Å²) in [6.07, 6.45) is 7.70. The van der Waals surface area contributed by atoms with Crippen LogP contribution >= 0.6 is 11.6 Å². The second-order valence-electron chi connectivity index (χ2n) is 7.48. The van der Waals surface area contributed by atoms with Crippen molar-refractivity contribution in [2.75, 3.05) is 19.7 Å². The van der Waals surface area contributed by atoms with E-state index in [0.29, 0.717) is 23.3 Å². The summed E-state index contributed by atoms with van der Waals surface area (Å²) in [6.45, 7) is 2.20. The molecule has 2 aliphatic rings. The van der Waals surface area contributed by atoms with Gasteiger partial charge in [0, 0.05) is 31.9 Å². The molecule has 3 heterocycles. The van der Waals surface area contributed by atoms with Crippen LogP contribution in [0.25, 0.3) is 0 Å². The number of nitrogens with zero attached hydrogens (tertiary/aromatic N) is 3. The molecular formula is C20H25ClN4O2. The Kier molecular flexibility index (Phi) is 5.25. The van der Waals surface area contributed by atoms with Crippen LogP contribution in [0.15, 0.2) is 30.6 Å². The molecule has 2 atom stereocenters. The number of rotatable bonds is 3. The summed E-state index contributed by atoms with van der Waals surface area (Å²) in [5, 5.41) is 8.04. The summed E-state index contributed by atoms with van der Waals surface area (Å²) >= 11 is 6.29. The number of benzene rings is 1. The topological polar surface area (TPSA) is 59.4 Å². The van der Waals surface area contributed by atoms with Crippen LogP contribution in [0.4, 0.5) is 4.79 Å². The quantitative estimate of drug-likeness (QED) is 0.874. The number of likely N-dealkylation sites (tertiary alicyclic amines) is 1. The molecule has 0 spiro atoms. The van der Waals surface area contributed by atoms with Crippen molar-refractivity contribution in [3.63, 3.8) is 0 Å². The highest BCUT2D eigenvalue weighted by molar-refractivity contribution is 6.32. The largest absolute Gasteiger partial charge is 0.492 e. The van der Waals surface area contributed by atoms with Gasteiger partial charge in [0.05, 0.1) is 23.9 Å². The summed E-state index contributed by atoms with van der Waals surface area (Å²) in [6, 6.07) is 5.67. The molecule has 1 aromatic carbocycles. The Morgan fingerprint density at radius 1 is 1.41 bits per heavy atom. The summed E-state index contributed by atoms with van der Waals surface area (Å²) in [5.41, 5.74) is 2.20. The maximum Gasteiger partial charge on any atom is 0.317 e. The number of carbonyl (C=O) groups excluding carboxylic acids is 1. The first-order valence-corrected chi connectivity index (χ1v) is 9.92. The molecule has 1 fully saturated rings. The molecule has 7 heteroatoms. The zero-order valence-electron chi connectivity index (χ0n) is 15.5. The molecule has 1 aromatic heterocycles. The molecule has 2 aromatic rings. The van der Waals surface area contributed by atoms with Crippen molar-refractivity contribution in [3.05, 3.63) is 46.7 Å². The van der Waals surface area contributed by atoms with Gasteiger partial charge in [0.2, 0.25) is 0 Å². The third kappa shape index (κ3) is 4.05. The maximum atomic E-state index is 12.8. The standard InChI is InChI=1S/C20H25ClN4O2/c1-24-12-15(11-22-24)10-14-7-8-25(13-14)20(26)23-18-6-3-9-27-19-16(18)4-2-5-17(19)21/h2,4-5,11-12,14,18H,3,6-10,13H2,1H3,(H,23,26). The van der Waals surface area contributed by atoms with Crippen LogP contribution in [0, 0.1) is 5.92 Å². The van der Waals surface area contributed by atoms with Crippen LogP contribution in [0.1, 0.15) is 36.4 Å². The van der Waals surface area contributed by atoms with Gasteiger partial charge in [-0.05, 0) is 43.2 Å². The number of amides is 2. The molecule has 6 nitrogen and oxygen atoms in total. The number of nitrogens with one attached hydrogen (secondary N) is 1. The van der Waals surface area contributed by atoms with E-state index in [4.69, 9.17) is 16.3 Å². The number of para-hydroxylation sites is 1. The molecule has 2 amide bonds. The zero-order valence-corrected chi connectivity index (χ0v) is 16.3. The third-order valence-electron chi connectivity index (χ3n) is 5.41. The van der Waals surface area contributed by atoms with Gasteiger partial charge >= 0.3 is 6.03 Å². The van der Waals surface area contributed by atoms with Gasteiger partial charge < -0.3 is 15.0 Å². The fraction of sp³-hybridized carbons (Fsp3) is 0.500. The van der Waals surface area contributed by atoms with E-state index in [0.717, 1.165) is 44.3 Å². The van der Waals surface area contributed by atoms with Gasteiger partial charge in [-0.25, -0.2) is 4.79 Å². The number of urea groups is 1. The van der Waals surface area contributed by atoms with Crippen molar-refractivity contribution in [1.82, 2.24) is 20.0 Å². The number of aryl methyl sites for hydroxylation is 1. The van der Waals surface area contributed by atoms with Crippen molar-refractivity contribution < 1.29 is 9.53 Å². The lowest BCUT2D eigenvalue weighted by Crippen LogP contribution is -2.40. The predicted octanol–water partition coefficient (Wildman–Crippen LogP) is 3.56. The number of hydrogen-bond acceptors (Lipinski definition) is 3. The minimum Gasteiger partial charge on any atom is -0.492 e. The molecule has 27 heavy (non-hydrogen) atoms. The Hall–Kier alpha value is -2.21. The highest BCUT2D eigenvalue weighted by Gasteiger charge is 2.29. The molecular weight excluding hydrogens is 364 g/mol. The van der Waals surface area contributed by atoms with Gasteiger partial charge in [-0.3, -0.25) is 4.68 Å². The fourth-order valence-corrected chi connectivity index (χ4v) is 4.29. The molecule has 0 saturated carbocycles. The number of aromatic nitrogens is 2. The normalized spacial score (nSPS) is 22.1. The second-order valence-corrected chi connectivity index (χ2v) is 7.89. The van der Waals surface area contributed by atoms with Gasteiger partial charge in [0.25, 0.3) is 0 Å². The Bertz CT molecular complexity index is 822. The second kappa shape index (κ2) is 7.80. The van der Waals surface area contributed by atoms with Crippen LogP contribution < -0.4 is 10.1 Å². The van der Waals surface area contributed by atoms with E-state index in [1.807, 2.05) is 41.0 Å². The van der Waals surface area contributed by atoms with E-state index >= 15 is 0 Å². The number of carbonyl (C=O) groups is 1. The molecule has 1 N–H and O–H groups in total. The first kappa shape index (κ1) is 18.2. The lowest BCUT2D eigenvalue weighted by atomic mass is 10.0. The Morgan fingerprint density at radius 2 is 2.30 bits per heavy atom. The van der Waals surface area contributed by atoms with Crippen molar-refractivity contribution >= 4 is 17.6 Å². The van der Waals surface area contributed by atoms with Gasteiger partial charge in [0.15, 0.2) is 0 Å². The number of hydrogen-bond donors (Lipinski definition) is 1. The van der Waals surface area contributed by atoms with Gasteiger partial charge in [-0.2, -0.15) is 5.10 Å². The van der Waals surface area contributed by atoms with E-state index in [9.17, 15) is 4.79 Å². The maximum absolute atomic E-state index is 12.8. The Labute approximate surface area is 164 Å². The Morgan fingerprint density at radius 3 is 3.11 bits per heavy atom. The summed E-state index contributed by atoms with van der Waals surface area (Å²) in [7, 11) is 1.93. The van der Waals surface area contributed by atoms with E-state index < -0.39 is 0 Å². The number of halogens is 1. The number of fused-ring (bicyclic) bond motifs is 1. The first-order valence-electron chi connectivity index (χ1n) is 9.54. The monoisotopic (exact) mass is 388 g/mol. The van der Waals surface area contributed by atoms with Crippen molar-refractivity contribution in [2.45, 2.75) is 31.7 Å².